The number of fused-ring (bicyclic) bond motifs is 4. The zero-order chi connectivity index (χ0) is 40.4. The van der Waals surface area contributed by atoms with Crippen LogP contribution in [0.3, 0.4) is 0 Å². The molecule has 0 saturated carbocycles. The quantitative estimate of drug-likeness (QED) is 0.107. The van der Waals surface area contributed by atoms with Gasteiger partial charge in [0, 0.05) is 44.0 Å². The number of ether oxygens (including phenoxy) is 1. The topological polar surface area (TPSA) is 48.8 Å². The summed E-state index contributed by atoms with van der Waals surface area (Å²) in [5, 5.41) is 2.02. The fraction of sp³-hybridized carbons (Fsp3) is 0.255. The third-order valence-electron chi connectivity index (χ3n) is 9.16. The Morgan fingerprint density at radius 3 is 2.26 bits per heavy atom. The van der Waals surface area contributed by atoms with Gasteiger partial charge in [0.2, 0.25) is 0 Å². The maximum Gasteiger partial charge on any atom is 0.269 e. The first kappa shape index (κ1) is 32.4. The van der Waals surface area contributed by atoms with Crippen molar-refractivity contribution in [1.29, 1.82) is 0 Å². The summed E-state index contributed by atoms with van der Waals surface area (Å²) >= 11 is 0. The van der Waals surface area contributed by atoms with Crippen LogP contribution in [0.4, 0.5) is 0 Å². The molecule has 0 spiro atoms. The Morgan fingerprint density at radius 1 is 0.741 bits per heavy atom. The van der Waals surface area contributed by atoms with Crippen molar-refractivity contribution in [2.45, 2.75) is 66.6 Å². The van der Waals surface area contributed by atoms with Crippen molar-refractivity contribution in [3.05, 3.63) is 145 Å². The number of hydrogen-bond acceptors (Lipinski definition) is 3. The van der Waals surface area contributed by atoms with Gasteiger partial charge in [-0.2, -0.15) is 18.2 Å². The largest absolute Gasteiger partial charge is 0.522 e. The summed E-state index contributed by atoms with van der Waals surface area (Å²) in [6, 6.07) is 38.1. The molecule has 54 heavy (non-hydrogen) atoms. The molecule has 0 unspecified atom stereocenters. The van der Waals surface area contributed by atoms with Gasteiger partial charge in [-0.25, -0.2) is 4.98 Å². The molecular weight excluding hydrogens is 846 g/mol. The molecule has 6 nitrogen and oxygen atoms in total. The molecule has 8 aromatic rings. The van der Waals surface area contributed by atoms with Crippen LogP contribution in [0.15, 0.2) is 109 Å². The van der Waals surface area contributed by atoms with Crippen LogP contribution < -0.4 is 9.30 Å². The van der Waals surface area contributed by atoms with Crippen molar-refractivity contribution in [1.82, 2.24) is 19.1 Å². The molecule has 0 amide bonds. The van der Waals surface area contributed by atoms with Crippen LogP contribution in [0, 0.1) is 30.3 Å². The predicted molar refractivity (Wildman–Crippen MR) is 214 cm³/mol. The molecule has 276 valence electrons. The van der Waals surface area contributed by atoms with Gasteiger partial charge in [-0.05, 0) is 82.6 Å². The van der Waals surface area contributed by atoms with E-state index in [1.165, 1.54) is 5.56 Å². The van der Waals surface area contributed by atoms with Gasteiger partial charge in [-0.15, -0.1) is 17.5 Å². The Labute approximate surface area is 338 Å². The van der Waals surface area contributed by atoms with Crippen molar-refractivity contribution in [3.8, 4) is 28.8 Å². The number of imidazole rings is 1. The minimum atomic E-state index is -1.54. The SMILES string of the molecule is [2H]C([2H])(c1cccc(-[n+]2[c-]n(-c3[c-]c(Oc4[c-]c5c(cc4)c4cc(C(C)(C)C)ccc4n5-c4cc(C([2H])([2H])C(C)C)ccn4)ccn3)c3ccccc32)c1)C(C)C.[Pt]. The van der Waals surface area contributed by atoms with E-state index in [9.17, 15) is 0 Å². The molecule has 8 rings (SSSR count). The van der Waals surface area contributed by atoms with E-state index in [4.69, 9.17) is 15.2 Å². The average Bonchev–Trinajstić information content (AvgIpc) is 3.73. The van der Waals surface area contributed by atoms with E-state index in [-0.39, 0.29) is 38.3 Å². The summed E-state index contributed by atoms with van der Waals surface area (Å²) in [4.78, 5) is 9.41. The second kappa shape index (κ2) is 15.0. The van der Waals surface area contributed by atoms with Gasteiger partial charge in [-0.1, -0.05) is 114 Å². The van der Waals surface area contributed by atoms with E-state index in [1.807, 2.05) is 108 Å². The Kier molecular flexibility index (Phi) is 8.99. The minimum Gasteiger partial charge on any atom is -0.522 e. The predicted octanol–water partition coefficient (Wildman–Crippen LogP) is 10.7. The molecular formula is C47H45N5OPt-2. The normalized spacial score (nSPS) is 13.6. The maximum atomic E-state index is 8.81. The van der Waals surface area contributed by atoms with Crippen LogP contribution in [-0.2, 0) is 39.2 Å². The zero-order valence-corrected chi connectivity index (χ0v) is 33.8. The van der Waals surface area contributed by atoms with Crippen LogP contribution in [-0.4, -0.2) is 19.1 Å². The smallest absolute Gasteiger partial charge is 0.269 e. The second-order valence-electron chi connectivity index (χ2n) is 15.1. The molecule has 0 atom stereocenters. The monoisotopic (exact) mass is 894 g/mol. The average molecular weight is 895 g/mol. The third kappa shape index (κ3) is 7.37. The summed E-state index contributed by atoms with van der Waals surface area (Å²) in [6.45, 7) is 14.1. The number of aromatic nitrogens is 5. The van der Waals surface area contributed by atoms with Crippen LogP contribution >= 0.6 is 0 Å². The minimum absolute atomic E-state index is 0. The molecule has 0 bridgehead atoms. The molecule has 7 heteroatoms. The van der Waals surface area contributed by atoms with Crippen molar-refractivity contribution in [2.24, 2.45) is 11.8 Å². The second-order valence-corrected chi connectivity index (χ2v) is 15.1. The van der Waals surface area contributed by atoms with E-state index in [1.54, 1.807) is 24.5 Å². The number of para-hydroxylation sites is 2. The summed E-state index contributed by atoms with van der Waals surface area (Å²) in [5.74, 6) is 1.55. The number of benzene rings is 4. The van der Waals surface area contributed by atoms with Crippen molar-refractivity contribution in [2.75, 3.05) is 0 Å². The number of hydrogen-bond donors (Lipinski definition) is 0. The number of pyridine rings is 2. The van der Waals surface area contributed by atoms with E-state index in [2.05, 4.69) is 62.4 Å². The first-order chi connectivity index (χ1) is 27.0. The molecule has 0 radical (unpaired) electrons. The molecule has 0 saturated heterocycles. The standard InChI is InChI=1S/C47H45N5O.Pt/c1-31(2)23-33-11-10-12-36(25-33)50-30-51(43-14-9-8-13-42(43)50)45-29-38(20-22-48-45)53-37-16-17-39-40-27-35(47(5,6)7)15-18-41(40)52(44(39)28-37)46-26-34(19-21-49-46)24-32(3)4;/h8-22,25-27,31-32H,23-24H2,1-7H3;/q-2;/i23D2,24D2;. The van der Waals surface area contributed by atoms with Gasteiger partial charge >= 0.3 is 0 Å². The van der Waals surface area contributed by atoms with E-state index >= 15 is 0 Å². The van der Waals surface area contributed by atoms with Crippen LogP contribution in [0.5, 0.6) is 11.5 Å². The molecule has 0 aliphatic carbocycles. The van der Waals surface area contributed by atoms with Gasteiger partial charge in [0.1, 0.15) is 5.82 Å². The van der Waals surface area contributed by atoms with Crippen LogP contribution in [0.25, 0.3) is 50.2 Å². The maximum absolute atomic E-state index is 8.81. The zero-order valence-electron chi connectivity index (χ0n) is 35.5. The molecule has 0 N–H and O–H groups in total. The van der Waals surface area contributed by atoms with Crippen LogP contribution in [0.1, 0.15) is 70.6 Å². The fourth-order valence-electron chi connectivity index (χ4n) is 6.78. The molecule has 0 aliphatic heterocycles. The summed E-state index contributed by atoms with van der Waals surface area (Å²) in [7, 11) is 0. The Hall–Kier alpha value is -5.06. The summed E-state index contributed by atoms with van der Waals surface area (Å²) < 4.78 is 47.3. The van der Waals surface area contributed by atoms with Crippen molar-refractivity contribution in [3.63, 3.8) is 0 Å². The van der Waals surface area contributed by atoms with Gasteiger partial charge in [-0.3, -0.25) is 14.1 Å². The van der Waals surface area contributed by atoms with E-state index < -0.39 is 12.7 Å². The summed E-state index contributed by atoms with van der Waals surface area (Å²) in [6.07, 6.45) is 3.75. The van der Waals surface area contributed by atoms with Crippen molar-refractivity contribution >= 4 is 32.8 Å². The van der Waals surface area contributed by atoms with E-state index in [0.717, 1.165) is 38.5 Å². The third-order valence-corrected chi connectivity index (χ3v) is 9.16. The van der Waals surface area contributed by atoms with Gasteiger partial charge < -0.3 is 9.30 Å². The molecule has 4 heterocycles. The van der Waals surface area contributed by atoms with Gasteiger partial charge in [0.15, 0.2) is 0 Å². The van der Waals surface area contributed by atoms with E-state index in [0.29, 0.717) is 34.3 Å². The molecule has 0 aliphatic rings. The molecule has 4 aromatic heterocycles. The van der Waals surface area contributed by atoms with Gasteiger partial charge in [0.05, 0.1) is 22.5 Å². The summed E-state index contributed by atoms with van der Waals surface area (Å²) in [5.41, 5.74) is 6.51. The Morgan fingerprint density at radius 2 is 1.48 bits per heavy atom. The fourth-order valence-corrected chi connectivity index (χ4v) is 6.78. The Balaban J connectivity index is 0.00000512. The first-order valence-corrected chi connectivity index (χ1v) is 18.1. The molecule has 0 fully saturated rings. The first-order valence-electron chi connectivity index (χ1n) is 20.1. The molecule has 4 aromatic carbocycles. The number of rotatable bonds is 9. The van der Waals surface area contributed by atoms with Crippen LogP contribution in [0.2, 0.25) is 0 Å². The Bertz CT molecular complexity index is 2800. The number of nitrogens with zero attached hydrogens (tertiary/aromatic N) is 5. The van der Waals surface area contributed by atoms with Crippen molar-refractivity contribution < 1.29 is 35.9 Å². The van der Waals surface area contributed by atoms with Gasteiger partial charge in [0.25, 0.3) is 6.33 Å².